The zero-order valence-electron chi connectivity index (χ0n) is 10.1. The molecule has 90 valence electrons. The number of rotatable bonds is 2. The number of hydrogen-bond acceptors (Lipinski definition) is 2. The maximum atomic E-state index is 9.46. The van der Waals surface area contributed by atoms with Crippen LogP contribution in [0.15, 0.2) is 42.5 Å². The Labute approximate surface area is 105 Å². The highest BCUT2D eigenvalue weighted by atomic mass is 16.3. The average molecular weight is 238 g/mol. The molecule has 0 saturated heterocycles. The van der Waals surface area contributed by atoms with Crippen LogP contribution in [0.2, 0.25) is 0 Å². The van der Waals surface area contributed by atoms with Gasteiger partial charge in [-0.15, -0.1) is 0 Å². The number of hydrogen-bond donors (Lipinski definition) is 2. The second-order valence-corrected chi connectivity index (χ2v) is 4.30. The number of H-pyrrole nitrogens is 1. The first-order valence-electron chi connectivity index (χ1n) is 6.05. The third-order valence-corrected chi connectivity index (χ3v) is 3.12. The van der Waals surface area contributed by atoms with Crippen LogP contribution >= 0.6 is 0 Å². The lowest BCUT2D eigenvalue weighted by Crippen LogP contribution is -1.88. The topological polar surface area (TPSA) is 48.9 Å². The van der Waals surface area contributed by atoms with Crippen LogP contribution in [0.5, 0.6) is 5.75 Å². The predicted molar refractivity (Wildman–Crippen MR) is 72.6 cm³/mol. The third kappa shape index (κ3) is 1.74. The smallest absolute Gasteiger partial charge is 0.138 e. The van der Waals surface area contributed by atoms with E-state index >= 15 is 0 Å². The first kappa shape index (κ1) is 10.8. The second-order valence-electron chi connectivity index (χ2n) is 4.30. The van der Waals surface area contributed by atoms with Crippen molar-refractivity contribution in [3.05, 3.63) is 48.0 Å². The zero-order chi connectivity index (χ0) is 12.5. The van der Waals surface area contributed by atoms with Gasteiger partial charge >= 0.3 is 0 Å². The number of aromatic amines is 1. The fourth-order valence-electron chi connectivity index (χ4n) is 2.18. The Morgan fingerprint density at radius 2 is 2.00 bits per heavy atom. The number of nitrogens with zero attached hydrogens (tertiary/aromatic N) is 1. The van der Waals surface area contributed by atoms with Crippen LogP contribution in [0.1, 0.15) is 12.5 Å². The van der Waals surface area contributed by atoms with Crippen molar-refractivity contribution < 1.29 is 5.11 Å². The fourth-order valence-corrected chi connectivity index (χ4v) is 2.18. The minimum Gasteiger partial charge on any atom is -0.508 e. The quantitative estimate of drug-likeness (QED) is 0.717. The molecule has 0 fully saturated rings. The van der Waals surface area contributed by atoms with E-state index in [4.69, 9.17) is 0 Å². The van der Waals surface area contributed by atoms with Crippen LogP contribution in [-0.4, -0.2) is 15.1 Å². The minimum atomic E-state index is 0.251. The molecule has 0 radical (unpaired) electrons. The van der Waals surface area contributed by atoms with Crippen molar-refractivity contribution in [2.45, 2.75) is 13.3 Å². The summed E-state index contributed by atoms with van der Waals surface area (Å²) >= 11 is 0. The van der Waals surface area contributed by atoms with Gasteiger partial charge in [0.15, 0.2) is 0 Å². The van der Waals surface area contributed by atoms with Gasteiger partial charge in [0.2, 0.25) is 0 Å². The van der Waals surface area contributed by atoms with E-state index in [0.717, 1.165) is 28.8 Å². The molecular formula is C15H14N2O. The largest absolute Gasteiger partial charge is 0.508 e. The Morgan fingerprint density at radius 3 is 2.83 bits per heavy atom. The summed E-state index contributed by atoms with van der Waals surface area (Å²) < 4.78 is 0. The van der Waals surface area contributed by atoms with Crippen LogP contribution in [0.25, 0.3) is 22.4 Å². The highest BCUT2D eigenvalue weighted by Crippen LogP contribution is 2.25. The summed E-state index contributed by atoms with van der Waals surface area (Å²) in [4.78, 5) is 7.82. The van der Waals surface area contributed by atoms with E-state index in [1.807, 2.05) is 18.2 Å². The van der Waals surface area contributed by atoms with Crippen LogP contribution in [0.4, 0.5) is 0 Å². The summed E-state index contributed by atoms with van der Waals surface area (Å²) in [6.07, 6.45) is 0.971. The van der Waals surface area contributed by atoms with Crippen molar-refractivity contribution in [3.63, 3.8) is 0 Å². The average Bonchev–Trinajstić information content (AvgIpc) is 2.81. The maximum absolute atomic E-state index is 9.46. The second kappa shape index (κ2) is 4.18. The lowest BCUT2D eigenvalue weighted by Gasteiger charge is -2.03. The summed E-state index contributed by atoms with van der Waals surface area (Å²) in [5.41, 5.74) is 4.11. The van der Waals surface area contributed by atoms with Gasteiger partial charge in [0.25, 0.3) is 0 Å². The van der Waals surface area contributed by atoms with Crippen molar-refractivity contribution in [1.82, 2.24) is 9.97 Å². The third-order valence-electron chi connectivity index (χ3n) is 3.12. The summed E-state index contributed by atoms with van der Waals surface area (Å²) in [6.45, 7) is 2.13. The molecule has 1 aromatic heterocycles. The number of benzene rings is 2. The van der Waals surface area contributed by atoms with E-state index in [1.165, 1.54) is 5.56 Å². The molecule has 3 heteroatoms. The number of imidazole rings is 1. The molecular weight excluding hydrogens is 224 g/mol. The predicted octanol–water partition coefficient (Wildman–Crippen LogP) is 3.50. The van der Waals surface area contributed by atoms with Gasteiger partial charge in [-0.2, -0.15) is 0 Å². The summed E-state index contributed by atoms with van der Waals surface area (Å²) in [5, 5.41) is 9.46. The van der Waals surface area contributed by atoms with Gasteiger partial charge in [0.1, 0.15) is 11.6 Å². The highest BCUT2D eigenvalue weighted by Gasteiger charge is 2.08. The molecule has 2 N–H and O–H groups in total. The van der Waals surface area contributed by atoms with Gasteiger partial charge in [-0.05, 0) is 24.1 Å². The number of fused-ring (bicyclic) bond motifs is 1. The van der Waals surface area contributed by atoms with Gasteiger partial charge < -0.3 is 10.1 Å². The monoisotopic (exact) mass is 238 g/mol. The van der Waals surface area contributed by atoms with Crippen LogP contribution in [-0.2, 0) is 6.42 Å². The van der Waals surface area contributed by atoms with Gasteiger partial charge in [-0.3, -0.25) is 0 Å². The molecule has 0 atom stereocenters. The van der Waals surface area contributed by atoms with Crippen LogP contribution in [0, 0.1) is 0 Å². The first-order chi connectivity index (χ1) is 8.78. The Morgan fingerprint density at radius 1 is 1.17 bits per heavy atom. The van der Waals surface area contributed by atoms with Gasteiger partial charge in [0, 0.05) is 11.6 Å². The number of aryl methyl sites for hydroxylation is 1. The fraction of sp³-hybridized carbons (Fsp3) is 0.133. The van der Waals surface area contributed by atoms with Crippen molar-refractivity contribution >= 4 is 11.0 Å². The van der Waals surface area contributed by atoms with Crippen LogP contribution in [0.3, 0.4) is 0 Å². The van der Waals surface area contributed by atoms with Crippen molar-refractivity contribution in [2.24, 2.45) is 0 Å². The van der Waals surface area contributed by atoms with E-state index < -0.39 is 0 Å². The molecule has 0 spiro atoms. The molecule has 0 bridgehead atoms. The maximum Gasteiger partial charge on any atom is 0.138 e. The molecule has 3 aromatic rings. The molecule has 0 unspecified atom stereocenters. The van der Waals surface area contributed by atoms with Gasteiger partial charge in [-0.1, -0.05) is 31.2 Å². The molecule has 0 aliphatic heterocycles. The number of aromatic hydroxyl groups is 1. The molecule has 1 heterocycles. The van der Waals surface area contributed by atoms with E-state index in [2.05, 4.69) is 29.0 Å². The van der Waals surface area contributed by atoms with Crippen LogP contribution < -0.4 is 0 Å². The number of phenols is 1. The van der Waals surface area contributed by atoms with E-state index in [0.29, 0.717) is 0 Å². The molecule has 3 rings (SSSR count). The van der Waals surface area contributed by atoms with E-state index in [9.17, 15) is 5.11 Å². The molecule has 0 aliphatic rings. The summed E-state index contributed by atoms with van der Waals surface area (Å²) in [5.74, 6) is 1.11. The minimum absolute atomic E-state index is 0.251. The van der Waals surface area contributed by atoms with Crippen molar-refractivity contribution in [2.75, 3.05) is 0 Å². The Balaban J connectivity index is 2.19. The Hall–Kier alpha value is -2.29. The molecule has 3 nitrogen and oxygen atoms in total. The first-order valence-corrected chi connectivity index (χ1v) is 6.05. The summed E-state index contributed by atoms with van der Waals surface area (Å²) in [6, 6.07) is 13.4. The molecule has 0 amide bonds. The van der Waals surface area contributed by atoms with Gasteiger partial charge in [-0.25, -0.2) is 4.98 Å². The standard InChI is InChI=1S/C15H14N2O/c1-2-10-5-3-4-6-12(10)15-16-13-8-7-11(18)9-14(13)17-15/h3-9,18H,2H2,1H3,(H,16,17). The SMILES string of the molecule is CCc1ccccc1-c1nc2ccc(O)cc2[nH]1. The van der Waals surface area contributed by atoms with E-state index in [-0.39, 0.29) is 5.75 Å². The van der Waals surface area contributed by atoms with Crippen molar-refractivity contribution in [1.29, 1.82) is 0 Å². The Bertz CT molecular complexity index is 701. The molecule has 0 aliphatic carbocycles. The lowest BCUT2D eigenvalue weighted by molar-refractivity contribution is 0.476. The number of aromatic nitrogens is 2. The molecule has 18 heavy (non-hydrogen) atoms. The van der Waals surface area contributed by atoms with Gasteiger partial charge in [0.05, 0.1) is 11.0 Å². The number of nitrogens with one attached hydrogen (secondary N) is 1. The molecule has 0 saturated carbocycles. The lowest BCUT2D eigenvalue weighted by atomic mass is 10.1. The van der Waals surface area contributed by atoms with Crippen molar-refractivity contribution in [3.8, 4) is 17.1 Å². The zero-order valence-corrected chi connectivity index (χ0v) is 10.1. The number of phenolic OH excluding ortho intramolecular Hbond substituents is 1. The Kier molecular flexibility index (Phi) is 2.52. The van der Waals surface area contributed by atoms with E-state index in [1.54, 1.807) is 12.1 Å². The highest BCUT2D eigenvalue weighted by molar-refractivity contribution is 5.81. The summed E-state index contributed by atoms with van der Waals surface area (Å²) in [7, 11) is 0. The normalized spacial score (nSPS) is 10.9. The molecule has 2 aromatic carbocycles.